The van der Waals surface area contributed by atoms with Crippen molar-refractivity contribution in [3.05, 3.63) is 29.8 Å². The highest BCUT2D eigenvalue weighted by Gasteiger charge is 2.70. The Morgan fingerprint density at radius 1 is 1.19 bits per heavy atom. The Hall–Kier alpha value is -2.41. The molecule has 0 spiro atoms. The van der Waals surface area contributed by atoms with Crippen LogP contribution in [0.5, 0.6) is 0 Å². The van der Waals surface area contributed by atoms with E-state index < -0.39 is 23.3 Å². The number of anilines is 1. The van der Waals surface area contributed by atoms with E-state index in [-0.39, 0.29) is 24.5 Å². The number of esters is 1. The Balaban J connectivity index is 2.04. The van der Waals surface area contributed by atoms with Crippen LogP contribution in [-0.4, -0.2) is 55.5 Å². The Labute approximate surface area is 159 Å². The lowest BCUT2D eigenvalue weighted by Gasteiger charge is -2.26. The lowest BCUT2D eigenvalue weighted by atomic mass is 9.80. The molecule has 2 N–H and O–H groups in total. The molecule has 27 heavy (non-hydrogen) atoms. The van der Waals surface area contributed by atoms with Gasteiger partial charge in [0.05, 0.1) is 6.61 Å². The van der Waals surface area contributed by atoms with Crippen molar-refractivity contribution in [1.29, 1.82) is 0 Å². The van der Waals surface area contributed by atoms with Gasteiger partial charge in [-0.15, -0.1) is 0 Å². The van der Waals surface area contributed by atoms with Gasteiger partial charge in [0.25, 0.3) is 0 Å². The standard InChI is InChI=1S/C20H27N3O4/c1-6-23-17(24)14-15(18(23)25)20(3,19(26)27-7-2)21-16(14)12-8-10-13(11-9-12)22(4)5/h8-11,14-16,21H,6-7H2,1-5H3/p+1/t14-,15+,16+,20+/m0/s1. The summed E-state index contributed by atoms with van der Waals surface area (Å²) in [6.45, 7) is 5.80. The zero-order valence-corrected chi connectivity index (χ0v) is 16.6. The predicted octanol–water partition coefficient (Wildman–Crippen LogP) is 0.314. The smallest absolute Gasteiger partial charge is 0.368 e. The molecule has 4 atom stereocenters. The summed E-state index contributed by atoms with van der Waals surface area (Å²) in [5.74, 6) is -2.17. The predicted molar refractivity (Wildman–Crippen MR) is 99.8 cm³/mol. The number of likely N-dealkylation sites (tertiary alicyclic amines) is 1. The maximum Gasteiger partial charge on any atom is 0.368 e. The SMILES string of the molecule is CCOC(=O)[C@]1(C)[NH2+][C@H](c2ccc(N(C)C)cc2)[C@H]2C(=O)N(CC)C(=O)[C@@H]21. The van der Waals surface area contributed by atoms with E-state index in [1.807, 2.05) is 48.6 Å². The first-order chi connectivity index (χ1) is 12.8. The summed E-state index contributed by atoms with van der Waals surface area (Å²) in [6, 6.07) is 7.61. The van der Waals surface area contributed by atoms with Crippen LogP contribution in [0, 0.1) is 11.8 Å². The van der Waals surface area contributed by atoms with Crippen LogP contribution >= 0.6 is 0 Å². The van der Waals surface area contributed by atoms with E-state index in [9.17, 15) is 14.4 Å². The molecule has 2 saturated heterocycles. The average Bonchev–Trinajstić information content (AvgIpc) is 3.09. The Morgan fingerprint density at radius 2 is 1.81 bits per heavy atom. The zero-order chi connectivity index (χ0) is 19.9. The van der Waals surface area contributed by atoms with Gasteiger partial charge in [0, 0.05) is 38.8 Å². The Kier molecular flexibility index (Phi) is 4.99. The number of ether oxygens (including phenoxy) is 1. The largest absolute Gasteiger partial charge is 0.461 e. The number of rotatable bonds is 5. The molecule has 0 saturated carbocycles. The van der Waals surface area contributed by atoms with Crippen molar-refractivity contribution in [3.8, 4) is 0 Å². The number of benzene rings is 1. The summed E-state index contributed by atoms with van der Waals surface area (Å²) in [6.07, 6.45) is 0. The molecular weight excluding hydrogens is 346 g/mol. The van der Waals surface area contributed by atoms with Crippen LogP contribution < -0.4 is 10.2 Å². The first-order valence-electron chi connectivity index (χ1n) is 9.42. The number of amides is 2. The van der Waals surface area contributed by atoms with Gasteiger partial charge in [-0.1, -0.05) is 12.1 Å². The third kappa shape index (κ3) is 2.90. The molecule has 1 aromatic rings. The van der Waals surface area contributed by atoms with Gasteiger partial charge in [-0.2, -0.15) is 0 Å². The second-order valence-corrected chi connectivity index (χ2v) is 7.61. The molecule has 3 rings (SSSR count). The van der Waals surface area contributed by atoms with Crippen LogP contribution in [0.4, 0.5) is 5.69 Å². The van der Waals surface area contributed by atoms with Crippen molar-refractivity contribution < 1.29 is 24.4 Å². The Morgan fingerprint density at radius 3 is 2.33 bits per heavy atom. The summed E-state index contributed by atoms with van der Waals surface area (Å²) in [5.41, 5.74) is 0.871. The summed E-state index contributed by atoms with van der Waals surface area (Å²) in [7, 11) is 3.92. The number of hydrogen-bond donors (Lipinski definition) is 1. The zero-order valence-electron chi connectivity index (χ0n) is 16.6. The average molecular weight is 374 g/mol. The molecule has 1 aromatic carbocycles. The van der Waals surface area contributed by atoms with Gasteiger partial charge in [0.2, 0.25) is 17.4 Å². The number of fused-ring (bicyclic) bond motifs is 1. The molecule has 2 heterocycles. The molecule has 2 amide bonds. The molecule has 7 nitrogen and oxygen atoms in total. The highest BCUT2D eigenvalue weighted by molar-refractivity contribution is 6.08. The molecule has 2 aliphatic rings. The second kappa shape index (κ2) is 6.96. The highest BCUT2D eigenvalue weighted by Crippen LogP contribution is 2.44. The normalized spacial score (nSPS) is 29.8. The molecule has 0 bridgehead atoms. The number of nitrogens with two attached hydrogens (primary N) is 1. The first kappa shape index (κ1) is 19.4. The minimum Gasteiger partial charge on any atom is -0.461 e. The molecule has 146 valence electrons. The molecule has 2 fully saturated rings. The van der Waals surface area contributed by atoms with Gasteiger partial charge in [0.1, 0.15) is 17.9 Å². The number of imide groups is 1. The van der Waals surface area contributed by atoms with Crippen molar-refractivity contribution in [2.75, 3.05) is 32.1 Å². The molecule has 0 aromatic heterocycles. The molecule has 0 radical (unpaired) electrons. The lowest BCUT2D eigenvalue weighted by Crippen LogP contribution is -2.97. The van der Waals surface area contributed by atoms with E-state index in [4.69, 9.17) is 4.74 Å². The highest BCUT2D eigenvalue weighted by atomic mass is 16.5. The van der Waals surface area contributed by atoms with Gasteiger partial charge < -0.3 is 15.0 Å². The topological polar surface area (TPSA) is 83.5 Å². The molecule has 0 unspecified atom stereocenters. The molecule has 7 heteroatoms. The van der Waals surface area contributed by atoms with Crippen LogP contribution in [0.25, 0.3) is 0 Å². The van der Waals surface area contributed by atoms with Crippen molar-refractivity contribution in [3.63, 3.8) is 0 Å². The lowest BCUT2D eigenvalue weighted by molar-refractivity contribution is -0.731. The van der Waals surface area contributed by atoms with E-state index in [0.717, 1.165) is 11.3 Å². The Bertz CT molecular complexity index is 761. The molecule has 0 aliphatic carbocycles. The van der Waals surface area contributed by atoms with Crippen LogP contribution in [0.2, 0.25) is 0 Å². The first-order valence-corrected chi connectivity index (χ1v) is 9.42. The minimum atomic E-state index is -1.11. The van der Waals surface area contributed by atoms with Gasteiger partial charge in [-0.25, -0.2) is 4.79 Å². The quantitative estimate of drug-likeness (QED) is 0.593. The molecule has 2 aliphatic heterocycles. The summed E-state index contributed by atoms with van der Waals surface area (Å²) in [5, 5.41) is 1.85. The monoisotopic (exact) mass is 374 g/mol. The summed E-state index contributed by atoms with van der Waals surface area (Å²) in [4.78, 5) is 41.9. The number of nitrogens with zero attached hydrogens (tertiary/aromatic N) is 2. The van der Waals surface area contributed by atoms with Crippen molar-refractivity contribution in [2.24, 2.45) is 11.8 Å². The van der Waals surface area contributed by atoms with Gasteiger partial charge in [-0.3, -0.25) is 14.5 Å². The number of quaternary nitrogens is 1. The van der Waals surface area contributed by atoms with Gasteiger partial charge >= 0.3 is 5.97 Å². The van der Waals surface area contributed by atoms with Crippen molar-refractivity contribution in [1.82, 2.24) is 4.90 Å². The van der Waals surface area contributed by atoms with E-state index in [1.54, 1.807) is 20.8 Å². The van der Waals surface area contributed by atoms with Crippen molar-refractivity contribution >= 4 is 23.5 Å². The number of carbonyl (C=O) groups is 3. The maximum absolute atomic E-state index is 13.0. The van der Waals surface area contributed by atoms with Crippen LogP contribution in [0.15, 0.2) is 24.3 Å². The van der Waals surface area contributed by atoms with Crippen LogP contribution in [0.1, 0.15) is 32.4 Å². The maximum atomic E-state index is 13.0. The van der Waals surface area contributed by atoms with Crippen molar-refractivity contribution in [2.45, 2.75) is 32.4 Å². The third-order valence-electron chi connectivity index (χ3n) is 5.83. The van der Waals surface area contributed by atoms with E-state index in [2.05, 4.69) is 0 Å². The van der Waals surface area contributed by atoms with E-state index in [1.165, 1.54) is 4.90 Å². The third-order valence-corrected chi connectivity index (χ3v) is 5.83. The second-order valence-electron chi connectivity index (χ2n) is 7.61. The summed E-state index contributed by atoms with van der Waals surface area (Å²) < 4.78 is 5.27. The minimum absolute atomic E-state index is 0.196. The fourth-order valence-corrected chi connectivity index (χ4v) is 4.41. The number of hydrogen-bond acceptors (Lipinski definition) is 5. The van der Waals surface area contributed by atoms with Gasteiger partial charge in [-0.05, 0) is 26.0 Å². The fourth-order valence-electron chi connectivity index (χ4n) is 4.41. The van der Waals surface area contributed by atoms with E-state index >= 15 is 0 Å². The van der Waals surface area contributed by atoms with Crippen LogP contribution in [-0.2, 0) is 19.1 Å². The molecular formula is C20H28N3O4+. The van der Waals surface area contributed by atoms with E-state index in [0.29, 0.717) is 6.54 Å². The summed E-state index contributed by atoms with van der Waals surface area (Å²) >= 11 is 0. The fraction of sp³-hybridized carbons (Fsp3) is 0.550. The number of carbonyl (C=O) groups excluding carboxylic acids is 3. The van der Waals surface area contributed by atoms with Crippen LogP contribution in [0.3, 0.4) is 0 Å². The van der Waals surface area contributed by atoms with Gasteiger partial charge in [0.15, 0.2) is 0 Å².